The molecule has 1 saturated heterocycles. The van der Waals surface area contributed by atoms with Crippen LogP contribution in [0.5, 0.6) is 5.75 Å². The summed E-state index contributed by atoms with van der Waals surface area (Å²) in [5.41, 5.74) is 3.12. The maximum absolute atomic E-state index is 12.6. The Balaban J connectivity index is 0.00000300. The van der Waals surface area contributed by atoms with Crippen LogP contribution in [-0.2, 0) is 6.54 Å². The van der Waals surface area contributed by atoms with Gasteiger partial charge in [-0.2, -0.15) is 8.78 Å². The van der Waals surface area contributed by atoms with Crippen molar-refractivity contribution in [2.75, 3.05) is 25.0 Å². The van der Waals surface area contributed by atoms with Crippen molar-refractivity contribution in [1.29, 1.82) is 0 Å². The second-order valence-electron chi connectivity index (χ2n) is 6.82. The minimum absolute atomic E-state index is 0. The third-order valence-electron chi connectivity index (χ3n) is 4.79. The van der Waals surface area contributed by atoms with Crippen LogP contribution in [0.25, 0.3) is 0 Å². The Morgan fingerprint density at radius 2 is 1.93 bits per heavy atom. The first kappa shape index (κ1) is 23.2. The van der Waals surface area contributed by atoms with Gasteiger partial charge in [-0.25, -0.2) is 0 Å². The van der Waals surface area contributed by atoms with Crippen molar-refractivity contribution in [3.63, 3.8) is 0 Å². The predicted molar refractivity (Wildman–Crippen MR) is 124 cm³/mol. The van der Waals surface area contributed by atoms with Crippen molar-refractivity contribution in [3.05, 3.63) is 59.7 Å². The van der Waals surface area contributed by atoms with Crippen LogP contribution in [0.3, 0.4) is 0 Å². The van der Waals surface area contributed by atoms with Crippen molar-refractivity contribution >= 4 is 35.6 Å². The minimum atomic E-state index is -2.84. The molecule has 1 heterocycles. The number of anilines is 1. The van der Waals surface area contributed by atoms with Crippen LogP contribution < -0.4 is 20.3 Å². The van der Waals surface area contributed by atoms with Gasteiger partial charge in [0.1, 0.15) is 5.75 Å². The number of halogens is 3. The Morgan fingerprint density at radius 3 is 2.62 bits per heavy atom. The summed E-state index contributed by atoms with van der Waals surface area (Å²) in [4.78, 5) is 6.60. The number of benzene rings is 2. The average Bonchev–Trinajstić information content (AvgIpc) is 3.15. The van der Waals surface area contributed by atoms with E-state index in [-0.39, 0.29) is 35.8 Å². The van der Waals surface area contributed by atoms with Crippen molar-refractivity contribution in [3.8, 4) is 5.75 Å². The Kier molecular flexibility index (Phi) is 8.94. The molecule has 1 aliphatic heterocycles. The van der Waals surface area contributed by atoms with Crippen molar-refractivity contribution in [1.82, 2.24) is 10.6 Å². The number of nitrogens with one attached hydrogen (secondary N) is 2. The summed E-state index contributed by atoms with van der Waals surface area (Å²) in [6.07, 6.45) is 1.000. The first-order valence-electron chi connectivity index (χ1n) is 9.36. The van der Waals surface area contributed by atoms with Crippen molar-refractivity contribution in [2.24, 2.45) is 4.99 Å². The first-order chi connectivity index (χ1) is 13.5. The zero-order chi connectivity index (χ0) is 19.9. The largest absolute Gasteiger partial charge is 0.434 e. The number of hydrogen-bond donors (Lipinski definition) is 2. The highest BCUT2D eigenvalue weighted by atomic mass is 127. The van der Waals surface area contributed by atoms with Crippen molar-refractivity contribution < 1.29 is 13.5 Å². The lowest BCUT2D eigenvalue weighted by molar-refractivity contribution is -0.0504. The van der Waals surface area contributed by atoms with Crippen LogP contribution in [0.15, 0.2) is 53.5 Å². The van der Waals surface area contributed by atoms with Gasteiger partial charge in [-0.1, -0.05) is 35.9 Å². The van der Waals surface area contributed by atoms with Gasteiger partial charge in [-0.15, -0.1) is 24.0 Å². The quantitative estimate of drug-likeness (QED) is 0.344. The fourth-order valence-corrected chi connectivity index (χ4v) is 3.30. The van der Waals surface area contributed by atoms with Crippen LogP contribution >= 0.6 is 24.0 Å². The number of aliphatic imine (C=N–C) groups is 1. The van der Waals surface area contributed by atoms with E-state index in [1.165, 1.54) is 17.3 Å². The topological polar surface area (TPSA) is 48.9 Å². The van der Waals surface area contributed by atoms with Crippen LogP contribution in [0, 0.1) is 6.92 Å². The lowest BCUT2D eigenvalue weighted by atomic mass is 10.2. The third-order valence-corrected chi connectivity index (χ3v) is 4.79. The summed E-state index contributed by atoms with van der Waals surface area (Å²) >= 11 is 0. The number of rotatable bonds is 6. The normalized spacial score (nSPS) is 16.5. The third kappa shape index (κ3) is 6.73. The van der Waals surface area contributed by atoms with Crippen LogP contribution in [0.2, 0.25) is 0 Å². The second kappa shape index (κ2) is 11.2. The van der Waals surface area contributed by atoms with E-state index in [2.05, 4.69) is 56.5 Å². The fraction of sp³-hybridized carbons (Fsp3) is 0.381. The van der Waals surface area contributed by atoms with E-state index in [9.17, 15) is 8.78 Å². The van der Waals surface area contributed by atoms with Gasteiger partial charge in [0.05, 0.1) is 0 Å². The van der Waals surface area contributed by atoms with E-state index < -0.39 is 6.61 Å². The van der Waals surface area contributed by atoms with Gasteiger partial charge < -0.3 is 20.3 Å². The summed E-state index contributed by atoms with van der Waals surface area (Å²) in [5.74, 6) is 0.814. The SMILES string of the molecule is CN=C(NCc1ccccc1OC(F)F)NC1CCN(c2ccc(C)cc2)C1.I. The van der Waals surface area contributed by atoms with Gasteiger partial charge in [-0.3, -0.25) is 4.99 Å². The molecule has 2 aromatic carbocycles. The first-order valence-corrected chi connectivity index (χ1v) is 9.36. The molecular weight excluding hydrogens is 489 g/mol. The minimum Gasteiger partial charge on any atom is -0.434 e. The molecule has 8 heteroatoms. The molecule has 1 unspecified atom stereocenters. The number of alkyl halides is 2. The zero-order valence-corrected chi connectivity index (χ0v) is 18.9. The smallest absolute Gasteiger partial charge is 0.387 e. The second-order valence-corrected chi connectivity index (χ2v) is 6.82. The Bertz CT molecular complexity index is 802. The number of para-hydroxylation sites is 1. The summed E-state index contributed by atoms with van der Waals surface area (Å²) in [6, 6.07) is 15.6. The molecule has 1 aliphatic rings. The molecule has 5 nitrogen and oxygen atoms in total. The fourth-order valence-electron chi connectivity index (χ4n) is 3.30. The van der Waals surface area contributed by atoms with Gasteiger partial charge in [-0.05, 0) is 31.5 Å². The number of hydrogen-bond acceptors (Lipinski definition) is 3. The standard InChI is InChI=1S/C21H26F2N4O.HI/c1-15-7-9-18(10-8-15)27-12-11-17(14-27)26-21(24-2)25-13-16-5-3-4-6-19(16)28-20(22)23;/h3-10,17,20H,11-14H2,1-2H3,(H2,24,25,26);1H. The number of ether oxygens (including phenoxy) is 1. The molecule has 0 amide bonds. The summed E-state index contributed by atoms with van der Waals surface area (Å²) < 4.78 is 29.7. The van der Waals surface area contributed by atoms with E-state index in [0.29, 0.717) is 18.1 Å². The van der Waals surface area contributed by atoms with Crippen LogP contribution in [-0.4, -0.2) is 38.8 Å². The summed E-state index contributed by atoms with van der Waals surface area (Å²) in [7, 11) is 1.70. The maximum atomic E-state index is 12.6. The van der Waals surface area contributed by atoms with E-state index in [0.717, 1.165) is 19.5 Å². The van der Waals surface area contributed by atoms with E-state index in [1.54, 1.807) is 25.2 Å². The molecule has 0 aliphatic carbocycles. The molecule has 29 heavy (non-hydrogen) atoms. The molecule has 1 atom stereocenters. The number of aryl methyl sites for hydroxylation is 1. The van der Waals surface area contributed by atoms with Crippen molar-refractivity contribution in [2.45, 2.75) is 32.5 Å². The molecule has 0 radical (unpaired) electrons. The molecule has 1 fully saturated rings. The van der Waals surface area contributed by atoms with Gasteiger partial charge in [0.25, 0.3) is 0 Å². The molecule has 0 aromatic heterocycles. The molecule has 0 spiro atoms. The van der Waals surface area contributed by atoms with Gasteiger partial charge >= 0.3 is 6.61 Å². The Morgan fingerprint density at radius 1 is 1.21 bits per heavy atom. The Hall–Kier alpha value is -2.10. The maximum Gasteiger partial charge on any atom is 0.387 e. The lowest BCUT2D eigenvalue weighted by Crippen LogP contribution is -2.44. The molecule has 158 valence electrons. The van der Waals surface area contributed by atoms with E-state index in [1.807, 2.05) is 0 Å². The van der Waals surface area contributed by atoms with Gasteiger partial charge in [0.15, 0.2) is 5.96 Å². The molecular formula is C21H27F2IN4O. The monoisotopic (exact) mass is 516 g/mol. The highest BCUT2D eigenvalue weighted by Gasteiger charge is 2.23. The highest BCUT2D eigenvalue weighted by molar-refractivity contribution is 14.0. The van der Waals surface area contributed by atoms with E-state index in [4.69, 9.17) is 0 Å². The molecule has 2 aromatic rings. The van der Waals surface area contributed by atoms with Gasteiger partial charge in [0.2, 0.25) is 0 Å². The summed E-state index contributed by atoms with van der Waals surface area (Å²) in [6.45, 7) is 1.44. The summed E-state index contributed by atoms with van der Waals surface area (Å²) in [5, 5.41) is 6.60. The predicted octanol–water partition coefficient (Wildman–Crippen LogP) is 4.16. The van der Waals surface area contributed by atoms with E-state index >= 15 is 0 Å². The van der Waals surface area contributed by atoms with Crippen LogP contribution in [0.4, 0.5) is 14.5 Å². The zero-order valence-electron chi connectivity index (χ0n) is 16.6. The molecule has 3 rings (SSSR count). The molecule has 0 bridgehead atoms. The highest BCUT2D eigenvalue weighted by Crippen LogP contribution is 2.21. The lowest BCUT2D eigenvalue weighted by Gasteiger charge is -2.21. The van der Waals surface area contributed by atoms with Crippen LogP contribution in [0.1, 0.15) is 17.5 Å². The molecule has 2 N–H and O–H groups in total. The average molecular weight is 516 g/mol. The molecule has 0 saturated carbocycles. The van der Waals surface area contributed by atoms with Gasteiger partial charge in [0, 0.05) is 44.0 Å². The Labute approximate surface area is 187 Å². The number of nitrogens with zero attached hydrogens (tertiary/aromatic N) is 2. The number of guanidine groups is 1.